The van der Waals surface area contributed by atoms with Crippen LogP contribution in [0.25, 0.3) is 0 Å². The zero-order valence-electron chi connectivity index (χ0n) is 11.9. The minimum atomic E-state index is -0.757. The van der Waals surface area contributed by atoms with Gasteiger partial charge in [-0.3, -0.25) is 0 Å². The number of hydrogen-bond acceptors (Lipinski definition) is 4. The third-order valence-corrected chi connectivity index (χ3v) is 2.75. The number of benzene rings is 1. The summed E-state index contributed by atoms with van der Waals surface area (Å²) in [4.78, 5) is 2.00. The van der Waals surface area contributed by atoms with Crippen LogP contribution in [0, 0.1) is 0 Å². The minimum absolute atomic E-state index is 0.125. The fourth-order valence-corrected chi connectivity index (χ4v) is 2.17. The number of methoxy groups -OCH3 is 1. The molecule has 4 nitrogen and oxygen atoms in total. The molecule has 1 aromatic carbocycles. The van der Waals surface area contributed by atoms with Crippen LogP contribution in [0.15, 0.2) is 18.2 Å². The fraction of sp³-hybridized carbons (Fsp3) is 0.571. The molecule has 0 amide bonds. The second-order valence-corrected chi connectivity index (χ2v) is 5.35. The van der Waals surface area contributed by atoms with E-state index >= 15 is 0 Å². The molecule has 0 fully saturated rings. The topological polar surface area (TPSA) is 58.7 Å². The largest absolute Gasteiger partial charge is 0.496 e. The predicted octanol–water partition coefficient (Wildman–Crippen LogP) is 1.92. The molecule has 0 radical (unpaired) electrons. The molecule has 0 aliphatic rings. The third kappa shape index (κ3) is 3.62. The Morgan fingerprint density at radius 2 is 2.06 bits per heavy atom. The van der Waals surface area contributed by atoms with Gasteiger partial charge in [0.2, 0.25) is 0 Å². The van der Waals surface area contributed by atoms with E-state index in [0.29, 0.717) is 6.54 Å². The van der Waals surface area contributed by atoms with Gasteiger partial charge in [0, 0.05) is 30.9 Å². The van der Waals surface area contributed by atoms with Crippen LogP contribution in [0.1, 0.15) is 32.4 Å². The minimum Gasteiger partial charge on any atom is -0.496 e. The number of rotatable bonds is 5. The molecule has 0 aliphatic heterocycles. The predicted molar refractivity (Wildman–Crippen MR) is 75.2 cm³/mol. The average molecular weight is 252 g/mol. The summed E-state index contributed by atoms with van der Waals surface area (Å²) >= 11 is 0. The molecule has 102 valence electrons. The molecule has 3 N–H and O–H groups in total. The maximum Gasteiger partial charge on any atom is 0.125 e. The third-order valence-electron chi connectivity index (χ3n) is 2.75. The highest BCUT2D eigenvalue weighted by Crippen LogP contribution is 2.33. The van der Waals surface area contributed by atoms with Gasteiger partial charge in [0.25, 0.3) is 0 Å². The van der Waals surface area contributed by atoms with E-state index in [9.17, 15) is 5.11 Å². The Balaban J connectivity index is 3.15. The molecule has 1 rings (SSSR count). The van der Waals surface area contributed by atoms with Gasteiger partial charge in [0.05, 0.1) is 12.7 Å². The Morgan fingerprint density at radius 1 is 1.44 bits per heavy atom. The summed E-state index contributed by atoms with van der Waals surface area (Å²) in [5.41, 5.74) is 7.22. The van der Waals surface area contributed by atoms with E-state index in [2.05, 4.69) is 0 Å². The van der Waals surface area contributed by atoms with Crippen molar-refractivity contribution in [2.45, 2.75) is 32.4 Å². The van der Waals surface area contributed by atoms with Gasteiger partial charge in [-0.05, 0) is 32.9 Å². The molecule has 1 aromatic rings. The van der Waals surface area contributed by atoms with Crippen molar-refractivity contribution in [1.82, 2.24) is 0 Å². The molecule has 0 bridgehead atoms. The number of ether oxygens (including phenoxy) is 1. The van der Waals surface area contributed by atoms with Crippen molar-refractivity contribution in [3.63, 3.8) is 0 Å². The lowest BCUT2D eigenvalue weighted by Crippen LogP contribution is -2.37. The first-order valence-corrected chi connectivity index (χ1v) is 6.12. The van der Waals surface area contributed by atoms with E-state index in [1.165, 1.54) is 0 Å². The number of nitrogens with two attached hydrogens (primary N) is 1. The van der Waals surface area contributed by atoms with E-state index in [4.69, 9.17) is 10.5 Å². The van der Waals surface area contributed by atoms with Crippen molar-refractivity contribution in [1.29, 1.82) is 0 Å². The first-order chi connectivity index (χ1) is 8.26. The number of likely N-dealkylation sites (N-methyl/N-ethyl adjacent to an activating group) is 1. The fourth-order valence-electron chi connectivity index (χ4n) is 2.17. The van der Waals surface area contributed by atoms with Crippen LogP contribution in [0.3, 0.4) is 0 Å². The van der Waals surface area contributed by atoms with Crippen LogP contribution in [0.4, 0.5) is 5.69 Å². The molecule has 0 unspecified atom stereocenters. The first kappa shape index (κ1) is 14.8. The molecule has 1 atom stereocenters. The molecule has 0 heterocycles. The standard InChI is InChI=1S/C14H24N2O2/c1-10(15)13-11(7-6-8-12(13)18-5)16(4)9-14(2,3)17/h6-8,10,17H,9,15H2,1-5H3/t10-/m0/s1. The maximum absolute atomic E-state index is 9.90. The van der Waals surface area contributed by atoms with E-state index in [0.717, 1.165) is 17.0 Å². The van der Waals surface area contributed by atoms with Crippen LogP contribution in [-0.2, 0) is 0 Å². The van der Waals surface area contributed by atoms with Gasteiger partial charge in [0.15, 0.2) is 0 Å². The summed E-state index contributed by atoms with van der Waals surface area (Å²) in [5, 5.41) is 9.90. The number of aliphatic hydroxyl groups is 1. The molecular weight excluding hydrogens is 228 g/mol. The molecule has 0 saturated carbocycles. The Hall–Kier alpha value is -1.26. The van der Waals surface area contributed by atoms with E-state index in [-0.39, 0.29) is 6.04 Å². The van der Waals surface area contributed by atoms with Crippen molar-refractivity contribution in [2.75, 3.05) is 25.6 Å². The van der Waals surface area contributed by atoms with Crippen LogP contribution < -0.4 is 15.4 Å². The normalized spacial score (nSPS) is 13.3. The van der Waals surface area contributed by atoms with E-state index in [1.54, 1.807) is 21.0 Å². The summed E-state index contributed by atoms with van der Waals surface area (Å²) in [5.74, 6) is 0.782. The lowest BCUT2D eigenvalue weighted by molar-refractivity contribution is 0.0885. The molecule has 0 aromatic heterocycles. The zero-order valence-corrected chi connectivity index (χ0v) is 11.9. The Labute approximate surface area is 109 Å². The summed E-state index contributed by atoms with van der Waals surface area (Å²) in [6, 6.07) is 5.70. The average Bonchev–Trinajstić information content (AvgIpc) is 2.25. The molecule has 0 saturated heterocycles. The highest BCUT2D eigenvalue weighted by atomic mass is 16.5. The van der Waals surface area contributed by atoms with Gasteiger partial charge in [-0.2, -0.15) is 0 Å². The number of nitrogens with zero attached hydrogens (tertiary/aromatic N) is 1. The highest BCUT2D eigenvalue weighted by molar-refractivity contribution is 5.60. The lowest BCUT2D eigenvalue weighted by atomic mass is 10.0. The maximum atomic E-state index is 9.90. The molecular formula is C14H24N2O2. The van der Waals surface area contributed by atoms with Gasteiger partial charge in [-0.1, -0.05) is 6.07 Å². The number of hydrogen-bond donors (Lipinski definition) is 2. The van der Waals surface area contributed by atoms with E-state index in [1.807, 2.05) is 37.1 Å². The second kappa shape index (κ2) is 5.59. The summed E-state index contributed by atoms with van der Waals surface area (Å²) in [6.07, 6.45) is 0. The van der Waals surface area contributed by atoms with Gasteiger partial charge < -0.3 is 20.5 Å². The highest BCUT2D eigenvalue weighted by Gasteiger charge is 2.20. The quantitative estimate of drug-likeness (QED) is 0.840. The van der Waals surface area contributed by atoms with Crippen molar-refractivity contribution in [3.8, 4) is 5.75 Å². The van der Waals surface area contributed by atoms with Crippen molar-refractivity contribution >= 4 is 5.69 Å². The molecule has 0 spiro atoms. The molecule has 0 aliphatic carbocycles. The van der Waals surface area contributed by atoms with Gasteiger partial charge >= 0.3 is 0 Å². The van der Waals surface area contributed by atoms with Crippen LogP contribution in [0.5, 0.6) is 5.75 Å². The second-order valence-electron chi connectivity index (χ2n) is 5.35. The van der Waals surface area contributed by atoms with Gasteiger partial charge in [0.1, 0.15) is 5.75 Å². The summed E-state index contributed by atoms with van der Waals surface area (Å²) in [7, 11) is 3.58. The first-order valence-electron chi connectivity index (χ1n) is 6.12. The van der Waals surface area contributed by atoms with Crippen molar-refractivity contribution in [3.05, 3.63) is 23.8 Å². The van der Waals surface area contributed by atoms with Gasteiger partial charge in [-0.15, -0.1) is 0 Å². The Morgan fingerprint density at radius 3 is 2.50 bits per heavy atom. The van der Waals surface area contributed by atoms with Crippen molar-refractivity contribution < 1.29 is 9.84 Å². The van der Waals surface area contributed by atoms with E-state index < -0.39 is 5.60 Å². The monoisotopic (exact) mass is 252 g/mol. The summed E-state index contributed by atoms with van der Waals surface area (Å²) in [6.45, 7) is 6.03. The van der Waals surface area contributed by atoms with Crippen LogP contribution in [0.2, 0.25) is 0 Å². The zero-order chi connectivity index (χ0) is 13.9. The van der Waals surface area contributed by atoms with Gasteiger partial charge in [-0.25, -0.2) is 0 Å². The summed E-state index contributed by atoms with van der Waals surface area (Å²) < 4.78 is 5.36. The van der Waals surface area contributed by atoms with Crippen LogP contribution in [-0.4, -0.2) is 31.4 Å². The molecule has 18 heavy (non-hydrogen) atoms. The molecule has 4 heteroatoms. The lowest BCUT2D eigenvalue weighted by Gasteiger charge is -2.30. The Kier molecular flexibility index (Phi) is 4.59. The smallest absolute Gasteiger partial charge is 0.125 e. The van der Waals surface area contributed by atoms with Crippen LogP contribution >= 0.6 is 0 Å². The number of anilines is 1. The Bertz CT molecular complexity index is 397. The SMILES string of the molecule is COc1cccc(N(C)CC(C)(C)O)c1[C@H](C)N. The van der Waals surface area contributed by atoms with Crippen molar-refractivity contribution in [2.24, 2.45) is 5.73 Å².